The zero-order chi connectivity index (χ0) is 15.7. The molecule has 114 valence electrons. The summed E-state index contributed by atoms with van der Waals surface area (Å²) in [7, 11) is 0. The Morgan fingerprint density at radius 3 is 1.90 bits per heavy atom. The summed E-state index contributed by atoms with van der Waals surface area (Å²) in [5.41, 5.74) is -1.33. The number of amides is 1. The van der Waals surface area contributed by atoms with E-state index in [1.165, 1.54) is 4.90 Å². The van der Waals surface area contributed by atoms with Crippen LogP contribution in [0.2, 0.25) is 0 Å². The van der Waals surface area contributed by atoms with Gasteiger partial charge in [-0.3, -0.25) is 0 Å². The Balaban J connectivity index is 0.00000400. The summed E-state index contributed by atoms with van der Waals surface area (Å²) >= 11 is 0. The van der Waals surface area contributed by atoms with Gasteiger partial charge in [0.25, 0.3) is 0 Å². The van der Waals surface area contributed by atoms with Crippen LogP contribution in [0.3, 0.4) is 0 Å². The number of rotatable bonds is 1. The molecule has 6 nitrogen and oxygen atoms in total. The van der Waals surface area contributed by atoms with E-state index in [1.807, 2.05) is 0 Å². The first-order chi connectivity index (χ1) is 8.89. The smallest absolute Gasteiger partial charge is 0.874 e. The fourth-order valence-electron chi connectivity index (χ4n) is 1.58. The van der Waals surface area contributed by atoms with Crippen LogP contribution in [0.5, 0.6) is 0 Å². The first-order valence-corrected chi connectivity index (χ1v) is 6.49. The van der Waals surface area contributed by atoms with E-state index in [-0.39, 0.29) is 70.0 Å². The van der Waals surface area contributed by atoms with Crippen LogP contribution < -0.4 is 56.5 Å². The Morgan fingerprint density at radius 2 is 1.48 bits per heavy atom. The van der Waals surface area contributed by atoms with E-state index in [2.05, 4.69) is 0 Å². The second kappa shape index (κ2) is 7.46. The molecule has 1 aliphatic rings. The van der Waals surface area contributed by atoms with Crippen molar-refractivity contribution in [3.05, 3.63) is 11.3 Å². The van der Waals surface area contributed by atoms with Crippen molar-refractivity contribution in [3.8, 4) is 0 Å². The van der Waals surface area contributed by atoms with E-state index < -0.39 is 29.0 Å². The molecule has 1 aliphatic heterocycles. The van der Waals surface area contributed by atoms with Crippen LogP contribution in [0, 0.1) is 0 Å². The minimum absolute atomic E-state index is 0. The topological polar surface area (TPSA) is 78.9 Å². The van der Waals surface area contributed by atoms with Crippen LogP contribution >= 0.6 is 0 Å². The Kier molecular flexibility index (Phi) is 7.43. The van der Waals surface area contributed by atoms with Crippen LogP contribution in [0.15, 0.2) is 11.3 Å². The fourth-order valence-corrected chi connectivity index (χ4v) is 1.58. The average Bonchev–Trinajstić information content (AvgIpc) is 2.55. The molecule has 0 saturated heterocycles. The molecule has 0 aromatic carbocycles. The quantitative estimate of drug-likeness (QED) is 0.420. The number of hydrogen-bond acceptors (Lipinski definition) is 5. The molecule has 0 aromatic heterocycles. The molecule has 21 heavy (non-hydrogen) atoms. The van der Waals surface area contributed by atoms with Gasteiger partial charge in [-0.1, -0.05) is 0 Å². The monoisotopic (exact) mass is 323 g/mol. The molecule has 1 heterocycles. The maximum absolute atomic E-state index is 11.9. The molecule has 0 N–H and O–H groups in total. The van der Waals surface area contributed by atoms with Crippen LogP contribution in [0.4, 0.5) is 4.79 Å². The van der Waals surface area contributed by atoms with E-state index in [0.717, 1.165) is 0 Å². The summed E-state index contributed by atoms with van der Waals surface area (Å²) in [5.74, 6) is -1.07. The molecule has 0 aliphatic carbocycles. The van der Waals surface area contributed by atoms with Gasteiger partial charge in [0.2, 0.25) is 0 Å². The predicted octanol–water partition coefficient (Wildman–Crippen LogP) is -1.80. The largest absolute Gasteiger partial charge is 1.00 e. The number of nitrogens with zero attached hydrogens (tertiary/aromatic N) is 1. The zero-order valence-corrected chi connectivity index (χ0v) is 17.0. The molecule has 0 aromatic rings. The first kappa shape index (κ1) is 20.9. The van der Waals surface area contributed by atoms with Crippen LogP contribution in [-0.2, 0) is 14.3 Å². The second-order valence-corrected chi connectivity index (χ2v) is 6.74. The van der Waals surface area contributed by atoms with Crippen molar-refractivity contribution in [2.24, 2.45) is 0 Å². The predicted molar refractivity (Wildman–Crippen MR) is 70.7 cm³/mol. The minimum Gasteiger partial charge on any atom is -0.874 e. The van der Waals surface area contributed by atoms with Gasteiger partial charge in [0.15, 0.2) is 0 Å². The van der Waals surface area contributed by atoms with Crippen LogP contribution in [0.1, 0.15) is 41.5 Å². The number of carbonyl (C=O) groups is 2. The van der Waals surface area contributed by atoms with E-state index in [0.29, 0.717) is 0 Å². The van der Waals surface area contributed by atoms with E-state index >= 15 is 0 Å². The minimum atomic E-state index is -0.677. The molecule has 0 fully saturated rings. The van der Waals surface area contributed by atoms with Gasteiger partial charge < -0.3 is 19.5 Å². The number of hydrogen-bond donors (Lipinski definition) is 0. The normalized spacial score (nSPS) is 15.6. The Labute approximate surface area is 168 Å². The third kappa shape index (κ3) is 7.14. The molecule has 0 atom stereocenters. The standard InChI is InChI=1S/C14H23NO5.K/c1-13(2,3)19-11(17)9-7-15(8-10(9)16)12(18)20-14(4,5)6;/h16H,7-8H2,1-6H3;/q;+1/p-1. The van der Waals surface area contributed by atoms with Crippen LogP contribution in [0.25, 0.3) is 0 Å². The van der Waals surface area contributed by atoms with Crippen molar-refractivity contribution in [1.29, 1.82) is 0 Å². The molecule has 1 amide bonds. The summed E-state index contributed by atoms with van der Waals surface area (Å²) in [6, 6.07) is 0. The van der Waals surface area contributed by atoms with Gasteiger partial charge in [0.1, 0.15) is 11.2 Å². The number of esters is 1. The van der Waals surface area contributed by atoms with Gasteiger partial charge in [0.05, 0.1) is 6.54 Å². The zero-order valence-electron chi connectivity index (χ0n) is 13.9. The second-order valence-electron chi connectivity index (χ2n) is 6.74. The SMILES string of the molecule is CC(C)(C)OC(=O)C1=C([O-])CN(C(=O)OC(C)(C)C)C1.[K+]. The average molecular weight is 323 g/mol. The van der Waals surface area contributed by atoms with Crippen molar-refractivity contribution < 1.29 is 75.6 Å². The third-order valence-electron chi connectivity index (χ3n) is 2.32. The first-order valence-electron chi connectivity index (χ1n) is 6.49. The van der Waals surface area contributed by atoms with Gasteiger partial charge in [-0.25, -0.2) is 9.59 Å². The fraction of sp³-hybridized carbons (Fsp3) is 0.714. The summed E-state index contributed by atoms with van der Waals surface area (Å²) in [5, 5.41) is 11.8. The summed E-state index contributed by atoms with van der Waals surface area (Å²) < 4.78 is 10.3. The summed E-state index contributed by atoms with van der Waals surface area (Å²) in [6.07, 6.45) is -0.607. The number of ether oxygens (including phenoxy) is 2. The third-order valence-corrected chi connectivity index (χ3v) is 2.32. The maximum atomic E-state index is 11.9. The van der Waals surface area contributed by atoms with Gasteiger partial charge in [-0.2, -0.15) is 0 Å². The molecule has 0 saturated carbocycles. The Hall–Kier alpha value is -0.0836. The van der Waals surface area contributed by atoms with Gasteiger partial charge in [0, 0.05) is 12.1 Å². The summed E-state index contributed by atoms with van der Waals surface area (Å²) in [6.45, 7) is 10.2. The van der Waals surface area contributed by atoms with E-state index in [9.17, 15) is 14.7 Å². The van der Waals surface area contributed by atoms with Crippen molar-refractivity contribution in [2.45, 2.75) is 52.7 Å². The van der Waals surface area contributed by atoms with Crippen molar-refractivity contribution in [1.82, 2.24) is 4.90 Å². The molecule has 0 unspecified atom stereocenters. The molecular formula is C14H22KNO5. The van der Waals surface area contributed by atoms with Gasteiger partial charge in [-0.05, 0) is 41.5 Å². The van der Waals surface area contributed by atoms with Crippen molar-refractivity contribution >= 4 is 12.1 Å². The molecule has 0 spiro atoms. The molecular weight excluding hydrogens is 301 g/mol. The van der Waals surface area contributed by atoms with E-state index in [4.69, 9.17) is 9.47 Å². The van der Waals surface area contributed by atoms with Crippen molar-refractivity contribution in [2.75, 3.05) is 13.1 Å². The van der Waals surface area contributed by atoms with Gasteiger partial charge in [-0.15, -0.1) is 5.76 Å². The van der Waals surface area contributed by atoms with Gasteiger partial charge >= 0.3 is 63.4 Å². The molecule has 1 rings (SSSR count). The van der Waals surface area contributed by atoms with Crippen molar-refractivity contribution in [3.63, 3.8) is 0 Å². The number of carbonyl (C=O) groups excluding carboxylic acids is 2. The van der Waals surface area contributed by atoms with E-state index in [1.54, 1.807) is 41.5 Å². The molecule has 7 heteroatoms. The summed E-state index contributed by atoms with van der Waals surface area (Å²) in [4.78, 5) is 24.9. The Bertz CT molecular complexity index is 445. The van der Waals surface area contributed by atoms with Crippen LogP contribution in [-0.4, -0.2) is 41.3 Å². The molecule has 0 bridgehead atoms. The Morgan fingerprint density at radius 1 is 1.00 bits per heavy atom. The molecule has 0 radical (unpaired) electrons. The maximum Gasteiger partial charge on any atom is 1.00 e.